The number of rotatable bonds is 2. The third kappa shape index (κ3) is 1.62. The molecular formula is C16H24FN. The van der Waals surface area contributed by atoms with Crippen LogP contribution in [0.1, 0.15) is 45.2 Å². The van der Waals surface area contributed by atoms with Crippen molar-refractivity contribution in [2.45, 2.75) is 52.0 Å². The zero-order valence-electron chi connectivity index (χ0n) is 12.1. The van der Waals surface area contributed by atoms with Gasteiger partial charge in [-0.15, -0.1) is 0 Å². The number of halogens is 1. The van der Waals surface area contributed by atoms with Gasteiger partial charge in [0.15, 0.2) is 0 Å². The molecule has 0 bridgehead atoms. The van der Waals surface area contributed by atoms with Gasteiger partial charge in [-0.1, -0.05) is 39.8 Å². The molecule has 0 radical (unpaired) electrons. The first-order chi connectivity index (χ1) is 8.38. The third-order valence-corrected chi connectivity index (χ3v) is 5.47. The predicted molar refractivity (Wildman–Crippen MR) is 74.4 cm³/mol. The van der Waals surface area contributed by atoms with Crippen LogP contribution in [0.25, 0.3) is 0 Å². The molecule has 0 amide bonds. The zero-order valence-corrected chi connectivity index (χ0v) is 12.1. The largest absolute Gasteiger partial charge is 0.316 e. The van der Waals surface area contributed by atoms with Crippen molar-refractivity contribution in [3.63, 3.8) is 0 Å². The van der Waals surface area contributed by atoms with Gasteiger partial charge in [-0.25, -0.2) is 4.39 Å². The lowest BCUT2D eigenvalue weighted by Crippen LogP contribution is -2.56. The van der Waals surface area contributed by atoms with Gasteiger partial charge in [-0.2, -0.15) is 0 Å². The van der Waals surface area contributed by atoms with Crippen molar-refractivity contribution in [1.82, 2.24) is 5.32 Å². The van der Waals surface area contributed by atoms with Gasteiger partial charge >= 0.3 is 0 Å². The Kier molecular flexibility index (Phi) is 3.26. The van der Waals surface area contributed by atoms with Crippen LogP contribution in [-0.2, 0) is 11.8 Å². The van der Waals surface area contributed by atoms with E-state index in [0.29, 0.717) is 6.04 Å². The van der Waals surface area contributed by atoms with E-state index in [1.165, 1.54) is 5.56 Å². The lowest BCUT2D eigenvalue weighted by Gasteiger charge is -2.53. The molecule has 2 rings (SSSR count). The minimum absolute atomic E-state index is 0.0103. The van der Waals surface area contributed by atoms with Gasteiger partial charge in [-0.3, -0.25) is 0 Å². The van der Waals surface area contributed by atoms with Crippen LogP contribution in [0.15, 0.2) is 18.2 Å². The number of fused-ring (bicyclic) bond motifs is 1. The van der Waals surface area contributed by atoms with E-state index in [-0.39, 0.29) is 16.6 Å². The van der Waals surface area contributed by atoms with E-state index in [0.717, 1.165) is 18.4 Å². The summed E-state index contributed by atoms with van der Waals surface area (Å²) in [5, 5.41) is 3.39. The second kappa shape index (κ2) is 4.34. The monoisotopic (exact) mass is 249 g/mol. The van der Waals surface area contributed by atoms with Crippen LogP contribution in [0.5, 0.6) is 0 Å². The van der Waals surface area contributed by atoms with Gasteiger partial charge in [0.2, 0.25) is 0 Å². The minimum Gasteiger partial charge on any atom is -0.316 e. The highest BCUT2D eigenvalue weighted by atomic mass is 19.1. The topological polar surface area (TPSA) is 12.0 Å². The molecule has 0 spiro atoms. The molecule has 0 saturated heterocycles. The van der Waals surface area contributed by atoms with Crippen LogP contribution in [0.4, 0.5) is 4.39 Å². The Bertz CT molecular complexity index is 452. The first-order valence-electron chi connectivity index (χ1n) is 6.83. The molecule has 1 N–H and O–H groups in total. The highest BCUT2D eigenvalue weighted by molar-refractivity contribution is 5.41. The van der Waals surface area contributed by atoms with Crippen LogP contribution < -0.4 is 5.32 Å². The summed E-state index contributed by atoms with van der Waals surface area (Å²) in [6.45, 7) is 9.07. The summed E-state index contributed by atoms with van der Waals surface area (Å²) in [5.41, 5.74) is 2.22. The molecule has 0 aromatic heterocycles. The van der Waals surface area contributed by atoms with Crippen molar-refractivity contribution in [3.05, 3.63) is 35.1 Å². The maximum absolute atomic E-state index is 14.1. The Morgan fingerprint density at radius 1 is 1.33 bits per heavy atom. The summed E-state index contributed by atoms with van der Waals surface area (Å²) in [4.78, 5) is 0. The minimum atomic E-state index is -0.0528. The smallest absolute Gasteiger partial charge is 0.126 e. The van der Waals surface area contributed by atoms with E-state index >= 15 is 0 Å². The lowest BCUT2D eigenvalue weighted by molar-refractivity contribution is 0.0968. The first-order valence-corrected chi connectivity index (χ1v) is 6.83. The molecular weight excluding hydrogens is 225 g/mol. The summed E-state index contributed by atoms with van der Waals surface area (Å²) in [6.07, 6.45) is 1.80. The van der Waals surface area contributed by atoms with E-state index in [9.17, 15) is 4.39 Å². The summed E-state index contributed by atoms with van der Waals surface area (Å²) in [6, 6.07) is 5.85. The standard InChI is InChI=1S/C16H24FN/c1-6-16(4)12-8-7-9-13(17)11(12)10-14(18-5)15(16,2)3/h7-9,14,18H,6,10H2,1-5H3/t14-,16+/m1/s1. The van der Waals surface area contributed by atoms with Crippen LogP contribution in [0, 0.1) is 11.2 Å². The summed E-state index contributed by atoms with van der Waals surface area (Å²) < 4.78 is 14.1. The van der Waals surface area contributed by atoms with E-state index in [1.807, 2.05) is 13.1 Å². The van der Waals surface area contributed by atoms with Gasteiger partial charge in [-0.05, 0) is 47.9 Å². The van der Waals surface area contributed by atoms with Crippen molar-refractivity contribution in [1.29, 1.82) is 0 Å². The normalized spacial score (nSPS) is 30.0. The third-order valence-electron chi connectivity index (χ3n) is 5.47. The fourth-order valence-electron chi connectivity index (χ4n) is 3.58. The maximum atomic E-state index is 14.1. The van der Waals surface area contributed by atoms with E-state index in [1.54, 1.807) is 6.07 Å². The fraction of sp³-hybridized carbons (Fsp3) is 0.625. The number of hydrogen-bond donors (Lipinski definition) is 1. The molecule has 0 saturated carbocycles. The molecule has 1 aromatic rings. The van der Waals surface area contributed by atoms with Gasteiger partial charge in [0.25, 0.3) is 0 Å². The molecule has 0 fully saturated rings. The molecule has 0 heterocycles. The number of benzene rings is 1. The van der Waals surface area contributed by atoms with Crippen LogP contribution in [0.2, 0.25) is 0 Å². The Morgan fingerprint density at radius 3 is 2.56 bits per heavy atom. The second-order valence-electron chi connectivity index (χ2n) is 6.22. The quantitative estimate of drug-likeness (QED) is 0.843. The van der Waals surface area contributed by atoms with Crippen molar-refractivity contribution < 1.29 is 4.39 Å². The lowest BCUT2D eigenvalue weighted by atomic mass is 9.53. The van der Waals surface area contributed by atoms with E-state index in [2.05, 4.69) is 39.1 Å². The summed E-state index contributed by atoms with van der Waals surface area (Å²) in [5.74, 6) is -0.0528. The maximum Gasteiger partial charge on any atom is 0.126 e. The molecule has 2 heteroatoms. The predicted octanol–water partition coefficient (Wildman–Crippen LogP) is 3.66. The van der Waals surface area contributed by atoms with Gasteiger partial charge in [0.1, 0.15) is 5.82 Å². The Hall–Kier alpha value is -0.890. The van der Waals surface area contributed by atoms with E-state index in [4.69, 9.17) is 0 Å². The molecule has 2 atom stereocenters. The zero-order chi connectivity index (χ0) is 13.6. The molecule has 0 unspecified atom stereocenters. The molecule has 100 valence electrons. The molecule has 18 heavy (non-hydrogen) atoms. The fourth-order valence-corrected chi connectivity index (χ4v) is 3.58. The number of likely N-dealkylation sites (N-methyl/N-ethyl adjacent to an activating group) is 1. The number of nitrogens with one attached hydrogen (secondary N) is 1. The first kappa shape index (κ1) is 13.5. The molecule has 1 aromatic carbocycles. The average molecular weight is 249 g/mol. The molecule has 0 aliphatic heterocycles. The Labute approximate surface area is 110 Å². The SMILES string of the molecule is CC[C@@]1(C)c2cccc(F)c2C[C@@H](NC)C1(C)C. The van der Waals surface area contributed by atoms with Crippen molar-refractivity contribution in [2.75, 3.05) is 7.05 Å². The summed E-state index contributed by atoms with van der Waals surface area (Å²) in [7, 11) is 1.98. The summed E-state index contributed by atoms with van der Waals surface area (Å²) >= 11 is 0. The number of hydrogen-bond acceptors (Lipinski definition) is 1. The molecule has 1 aliphatic rings. The van der Waals surface area contributed by atoms with Crippen molar-refractivity contribution in [2.24, 2.45) is 5.41 Å². The van der Waals surface area contributed by atoms with Crippen molar-refractivity contribution in [3.8, 4) is 0 Å². The average Bonchev–Trinajstić information content (AvgIpc) is 2.34. The highest BCUT2D eigenvalue weighted by Gasteiger charge is 2.50. The van der Waals surface area contributed by atoms with Crippen LogP contribution in [0.3, 0.4) is 0 Å². The Balaban J connectivity index is 2.67. The molecule has 1 aliphatic carbocycles. The second-order valence-corrected chi connectivity index (χ2v) is 6.22. The highest BCUT2D eigenvalue weighted by Crippen LogP contribution is 2.51. The van der Waals surface area contributed by atoms with Crippen LogP contribution >= 0.6 is 0 Å². The van der Waals surface area contributed by atoms with Gasteiger partial charge < -0.3 is 5.32 Å². The Morgan fingerprint density at radius 2 is 2.00 bits per heavy atom. The molecule has 1 nitrogen and oxygen atoms in total. The van der Waals surface area contributed by atoms with Crippen molar-refractivity contribution >= 4 is 0 Å². The van der Waals surface area contributed by atoms with E-state index < -0.39 is 0 Å². The van der Waals surface area contributed by atoms with Gasteiger partial charge in [0, 0.05) is 6.04 Å². The van der Waals surface area contributed by atoms with Gasteiger partial charge in [0.05, 0.1) is 0 Å². The van der Waals surface area contributed by atoms with Crippen LogP contribution in [-0.4, -0.2) is 13.1 Å².